The van der Waals surface area contributed by atoms with Crippen LogP contribution in [0.4, 0.5) is 13.2 Å². The van der Waals surface area contributed by atoms with E-state index in [0.29, 0.717) is 10.3 Å². The Morgan fingerprint density at radius 2 is 1.68 bits per heavy atom. The monoisotopic (exact) mass is 529 g/mol. The van der Waals surface area contributed by atoms with Crippen LogP contribution in [-0.2, 0) is 23.1 Å². The average Bonchev–Trinajstić information content (AvgIpc) is 3.28. The molecule has 2 aromatic carbocycles. The minimum Gasteiger partial charge on any atom is -0.268 e. The van der Waals surface area contributed by atoms with Crippen LogP contribution in [0, 0.1) is 18.3 Å². The van der Waals surface area contributed by atoms with E-state index in [1.807, 2.05) is 6.07 Å². The number of nitrogens with zero attached hydrogens (tertiary/aromatic N) is 5. The molecule has 190 valence electrons. The smallest absolute Gasteiger partial charge is 0.268 e. The number of benzene rings is 2. The highest BCUT2D eigenvalue weighted by Gasteiger charge is 2.31. The molecule has 2 aromatic heterocycles. The lowest BCUT2D eigenvalue weighted by atomic mass is 10.1. The highest BCUT2D eigenvalue weighted by molar-refractivity contribution is 7.90. The highest BCUT2D eigenvalue weighted by atomic mass is 32.2. The van der Waals surface area contributed by atoms with Crippen LogP contribution in [0.25, 0.3) is 22.6 Å². The molecule has 13 heteroatoms. The first-order valence-electron chi connectivity index (χ1n) is 10.5. The third-order valence-electron chi connectivity index (χ3n) is 5.68. The van der Waals surface area contributed by atoms with Crippen molar-refractivity contribution in [1.82, 2.24) is 18.9 Å². The predicted molar refractivity (Wildman–Crippen MR) is 127 cm³/mol. The van der Waals surface area contributed by atoms with Crippen molar-refractivity contribution in [3.8, 4) is 28.7 Å². The number of sulfone groups is 1. The van der Waals surface area contributed by atoms with E-state index in [4.69, 9.17) is 0 Å². The van der Waals surface area contributed by atoms with Crippen molar-refractivity contribution in [3.63, 3.8) is 0 Å². The molecule has 0 aliphatic carbocycles. The van der Waals surface area contributed by atoms with Gasteiger partial charge in [-0.15, -0.1) is 0 Å². The van der Waals surface area contributed by atoms with Gasteiger partial charge in [-0.1, -0.05) is 12.1 Å². The average molecular weight is 530 g/mol. The maximum atomic E-state index is 13.3. The molecule has 0 aliphatic rings. The molecule has 0 aliphatic heterocycles. The number of alkyl halides is 3. The zero-order chi connectivity index (χ0) is 27.3. The fourth-order valence-electron chi connectivity index (χ4n) is 3.87. The molecule has 0 spiro atoms. The maximum absolute atomic E-state index is 13.3. The first kappa shape index (κ1) is 25.6. The number of halogens is 3. The number of nitriles is 1. The van der Waals surface area contributed by atoms with E-state index >= 15 is 0 Å². The molecule has 2 heterocycles. The molecule has 0 saturated carbocycles. The summed E-state index contributed by atoms with van der Waals surface area (Å²) < 4.78 is 68.1. The van der Waals surface area contributed by atoms with Gasteiger partial charge in [-0.3, -0.25) is 13.9 Å². The Bertz CT molecular complexity index is 1830. The van der Waals surface area contributed by atoms with E-state index in [2.05, 4.69) is 5.10 Å². The summed E-state index contributed by atoms with van der Waals surface area (Å²) >= 11 is 0. The fourth-order valence-corrected chi connectivity index (χ4v) is 4.65. The standard InChI is InChI=1S/C24H18F3N5O4S/c1-14-20(21-19(37(3,35)36)13-31(29-21)17-8-4-6-15(10-17)12-28)22(33)30(2)23(34)32(14)18-9-5-7-16(11-18)24(25,26)27/h4-11,13H,1-3H3. The van der Waals surface area contributed by atoms with E-state index in [1.165, 1.54) is 36.0 Å². The van der Waals surface area contributed by atoms with Crippen LogP contribution in [0.3, 0.4) is 0 Å². The Morgan fingerprint density at radius 3 is 2.30 bits per heavy atom. The molecule has 0 radical (unpaired) electrons. The molecular weight excluding hydrogens is 511 g/mol. The van der Waals surface area contributed by atoms with Gasteiger partial charge in [-0.25, -0.2) is 17.9 Å². The minimum absolute atomic E-state index is 0.103. The van der Waals surface area contributed by atoms with Crippen LogP contribution in [0.5, 0.6) is 0 Å². The van der Waals surface area contributed by atoms with Crippen LogP contribution in [0.15, 0.2) is 69.2 Å². The normalized spacial score (nSPS) is 11.9. The molecule has 4 aromatic rings. The number of hydrogen-bond acceptors (Lipinski definition) is 6. The van der Waals surface area contributed by atoms with Crippen molar-refractivity contribution >= 4 is 9.84 Å². The third kappa shape index (κ3) is 4.58. The molecule has 4 rings (SSSR count). The molecule has 37 heavy (non-hydrogen) atoms. The van der Waals surface area contributed by atoms with Crippen molar-refractivity contribution in [2.45, 2.75) is 18.0 Å². The number of aromatic nitrogens is 4. The molecular formula is C24H18F3N5O4S. The molecule has 0 bridgehead atoms. The van der Waals surface area contributed by atoms with Crippen LogP contribution in [-0.4, -0.2) is 33.6 Å². The summed E-state index contributed by atoms with van der Waals surface area (Å²) in [7, 11) is -2.85. The van der Waals surface area contributed by atoms with E-state index < -0.39 is 32.8 Å². The summed E-state index contributed by atoms with van der Waals surface area (Å²) in [5.41, 5.74) is -3.05. The summed E-state index contributed by atoms with van der Waals surface area (Å²) in [5.74, 6) is 0. The number of hydrogen-bond donors (Lipinski definition) is 0. The van der Waals surface area contributed by atoms with Gasteiger partial charge in [0.1, 0.15) is 10.6 Å². The lowest BCUT2D eigenvalue weighted by Gasteiger charge is -2.16. The Morgan fingerprint density at radius 1 is 1.03 bits per heavy atom. The van der Waals surface area contributed by atoms with E-state index in [1.54, 1.807) is 12.1 Å². The molecule has 0 atom stereocenters. The lowest BCUT2D eigenvalue weighted by molar-refractivity contribution is -0.137. The Hall–Kier alpha value is -4.44. The van der Waals surface area contributed by atoms with Gasteiger partial charge in [0.15, 0.2) is 9.84 Å². The van der Waals surface area contributed by atoms with Crippen molar-refractivity contribution in [2.24, 2.45) is 7.05 Å². The highest BCUT2D eigenvalue weighted by Crippen LogP contribution is 2.31. The van der Waals surface area contributed by atoms with Gasteiger partial charge < -0.3 is 0 Å². The van der Waals surface area contributed by atoms with Crippen LogP contribution < -0.4 is 11.2 Å². The summed E-state index contributed by atoms with van der Waals surface area (Å²) in [4.78, 5) is 25.9. The molecule has 0 N–H and O–H groups in total. The number of rotatable bonds is 4. The first-order valence-corrected chi connectivity index (χ1v) is 12.4. The summed E-state index contributed by atoms with van der Waals surface area (Å²) in [6.45, 7) is 1.32. The SMILES string of the molecule is Cc1c(-c2nn(-c3cccc(C#N)c3)cc2S(C)(=O)=O)c(=O)n(C)c(=O)n1-c1cccc(C(F)(F)F)c1. The second-order valence-corrected chi connectivity index (χ2v) is 10.2. The van der Waals surface area contributed by atoms with E-state index in [-0.39, 0.29) is 33.1 Å². The van der Waals surface area contributed by atoms with Crippen molar-refractivity contribution in [1.29, 1.82) is 5.26 Å². The summed E-state index contributed by atoms with van der Waals surface area (Å²) in [6, 6.07) is 12.1. The van der Waals surface area contributed by atoms with Gasteiger partial charge >= 0.3 is 11.9 Å². The predicted octanol–water partition coefficient (Wildman–Crippen LogP) is 2.99. The zero-order valence-corrected chi connectivity index (χ0v) is 20.4. The van der Waals surface area contributed by atoms with Gasteiger partial charge in [-0.05, 0) is 43.3 Å². The Labute approximate surface area is 208 Å². The second kappa shape index (κ2) is 8.90. The van der Waals surface area contributed by atoms with E-state index in [9.17, 15) is 36.4 Å². The Balaban J connectivity index is 2.07. The summed E-state index contributed by atoms with van der Waals surface area (Å²) in [6.07, 6.45) is -2.61. The lowest BCUT2D eigenvalue weighted by Crippen LogP contribution is -2.40. The van der Waals surface area contributed by atoms with Crippen LogP contribution >= 0.6 is 0 Å². The van der Waals surface area contributed by atoms with Gasteiger partial charge in [0, 0.05) is 19.0 Å². The molecule has 9 nitrogen and oxygen atoms in total. The minimum atomic E-state index is -4.68. The third-order valence-corrected chi connectivity index (χ3v) is 6.78. The largest absolute Gasteiger partial charge is 0.416 e. The topological polar surface area (TPSA) is 120 Å². The maximum Gasteiger partial charge on any atom is 0.416 e. The zero-order valence-electron chi connectivity index (χ0n) is 19.6. The molecule has 0 unspecified atom stereocenters. The van der Waals surface area contributed by atoms with E-state index in [0.717, 1.165) is 36.1 Å². The van der Waals surface area contributed by atoms with Crippen molar-refractivity contribution in [2.75, 3.05) is 6.26 Å². The Kier molecular flexibility index (Phi) is 6.17. The quantitative estimate of drug-likeness (QED) is 0.401. The summed E-state index contributed by atoms with van der Waals surface area (Å²) in [5, 5.41) is 13.5. The fraction of sp³-hybridized carbons (Fsp3) is 0.167. The van der Waals surface area contributed by atoms with Gasteiger partial charge in [-0.2, -0.15) is 23.5 Å². The molecule has 0 saturated heterocycles. The van der Waals surface area contributed by atoms with Crippen LogP contribution in [0.1, 0.15) is 16.8 Å². The molecule has 0 amide bonds. The van der Waals surface area contributed by atoms with Gasteiger partial charge in [0.25, 0.3) is 5.56 Å². The van der Waals surface area contributed by atoms with Crippen molar-refractivity contribution in [3.05, 3.63) is 92.4 Å². The van der Waals surface area contributed by atoms with Crippen LogP contribution in [0.2, 0.25) is 0 Å². The van der Waals surface area contributed by atoms with Crippen molar-refractivity contribution < 1.29 is 21.6 Å². The van der Waals surface area contributed by atoms with Gasteiger partial charge in [0.2, 0.25) is 0 Å². The second-order valence-electron chi connectivity index (χ2n) is 8.21. The molecule has 0 fully saturated rings. The van der Waals surface area contributed by atoms with Gasteiger partial charge in [0.05, 0.1) is 40.3 Å². The first-order chi connectivity index (χ1) is 17.2.